The van der Waals surface area contributed by atoms with Crippen LogP contribution >= 0.6 is 11.3 Å². The van der Waals surface area contributed by atoms with Crippen LogP contribution < -0.4 is 5.73 Å². The molecular formula is C12H16N2S. The minimum Gasteiger partial charge on any atom is -0.350 e. The van der Waals surface area contributed by atoms with Gasteiger partial charge in [-0.15, -0.1) is 0 Å². The van der Waals surface area contributed by atoms with E-state index in [-0.39, 0.29) is 6.04 Å². The Morgan fingerprint density at radius 3 is 3.00 bits per heavy atom. The normalized spacial score (nSPS) is 12.9. The highest BCUT2D eigenvalue weighted by molar-refractivity contribution is 7.07. The first kappa shape index (κ1) is 10.5. The van der Waals surface area contributed by atoms with Crippen LogP contribution in [0, 0.1) is 0 Å². The lowest BCUT2D eigenvalue weighted by molar-refractivity contribution is 0.626. The summed E-state index contributed by atoms with van der Waals surface area (Å²) in [5.74, 6) is 0. The Bertz CT molecular complexity index is 401. The molecule has 0 bridgehead atoms. The highest BCUT2D eigenvalue weighted by atomic mass is 32.1. The summed E-state index contributed by atoms with van der Waals surface area (Å²) in [7, 11) is 0. The highest BCUT2D eigenvalue weighted by Gasteiger charge is 2.05. The Labute approximate surface area is 94.3 Å². The van der Waals surface area contributed by atoms with Gasteiger partial charge in [0.2, 0.25) is 0 Å². The second-order valence-corrected chi connectivity index (χ2v) is 4.58. The van der Waals surface area contributed by atoms with Crippen LogP contribution in [0.4, 0.5) is 0 Å². The molecule has 0 aromatic carbocycles. The molecule has 0 aliphatic heterocycles. The number of hydrogen-bond acceptors (Lipinski definition) is 2. The molecule has 2 aromatic rings. The maximum Gasteiger partial charge on any atom is 0.0421 e. The van der Waals surface area contributed by atoms with Crippen molar-refractivity contribution in [3.63, 3.8) is 0 Å². The number of hydrogen-bond donors (Lipinski definition) is 1. The second-order valence-electron chi connectivity index (χ2n) is 3.80. The van der Waals surface area contributed by atoms with Gasteiger partial charge in [-0.25, -0.2) is 0 Å². The van der Waals surface area contributed by atoms with Crippen LogP contribution in [-0.2, 0) is 13.0 Å². The van der Waals surface area contributed by atoms with Crippen LogP contribution in [0.15, 0.2) is 35.2 Å². The minimum absolute atomic E-state index is 0.113. The first-order valence-corrected chi connectivity index (χ1v) is 6.13. The fraction of sp³-hybridized carbons (Fsp3) is 0.333. The van der Waals surface area contributed by atoms with Gasteiger partial charge in [-0.1, -0.05) is 0 Å². The summed E-state index contributed by atoms with van der Waals surface area (Å²) in [6.07, 6.45) is 3.18. The molecule has 0 spiro atoms. The average Bonchev–Trinajstić information content (AvgIpc) is 2.86. The van der Waals surface area contributed by atoms with Crippen molar-refractivity contribution in [1.82, 2.24) is 4.57 Å². The van der Waals surface area contributed by atoms with E-state index < -0.39 is 0 Å². The van der Waals surface area contributed by atoms with Crippen molar-refractivity contribution >= 4 is 11.3 Å². The zero-order valence-corrected chi connectivity index (χ0v) is 9.70. The molecule has 2 N–H and O–H groups in total. The van der Waals surface area contributed by atoms with Gasteiger partial charge < -0.3 is 10.3 Å². The fourth-order valence-corrected chi connectivity index (χ4v) is 2.43. The maximum absolute atomic E-state index is 5.89. The predicted molar refractivity (Wildman–Crippen MR) is 65.1 cm³/mol. The van der Waals surface area contributed by atoms with Crippen LogP contribution in [0.1, 0.15) is 24.2 Å². The van der Waals surface area contributed by atoms with E-state index in [2.05, 4.69) is 39.7 Å². The fourth-order valence-electron chi connectivity index (χ4n) is 1.73. The lowest BCUT2D eigenvalue weighted by Gasteiger charge is -2.11. The maximum atomic E-state index is 5.89. The zero-order chi connectivity index (χ0) is 10.7. The van der Waals surface area contributed by atoms with E-state index >= 15 is 0 Å². The summed E-state index contributed by atoms with van der Waals surface area (Å²) in [6.45, 7) is 3.04. The van der Waals surface area contributed by atoms with Gasteiger partial charge in [0.25, 0.3) is 0 Å². The van der Waals surface area contributed by atoms with E-state index in [1.165, 1.54) is 11.3 Å². The van der Waals surface area contributed by atoms with Gasteiger partial charge in [-0.3, -0.25) is 0 Å². The quantitative estimate of drug-likeness (QED) is 0.844. The van der Waals surface area contributed by atoms with Gasteiger partial charge in [0.05, 0.1) is 0 Å². The van der Waals surface area contributed by atoms with E-state index in [1.54, 1.807) is 11.3 Å². The van der Waals surface area contributed by atoms with Gasteiger partial charge >= 0.3 is 0 Å². The number of nitrogens with two attached hydrogens (primary N) is 1. The lowest BCUT2D eigenvalue weighted by atomic mass is 10.2. The Balaban J connectivity index is 2.02. The largest absolute Gasteiger partial charge is 0.350 e. The number of aryl methyl sites for hydroxylation is 2. The molecule has 80 valence electrons. The standard InChI is InChI=1S/C12H16N2S/c1-10(13)12-3-2-6-14(12)7-4-11-5-8-15-9-11/h2-3,5-6,8-10H,4,7,13H2,1H3. The molecule has 0 aliphatic rings. The Hall–Kier alpha value is -1.06. The minimum atomic E-state index is 0.113. The SMILES string of the molecule is CC(N)c1cccn1CCc1ccsc1. The summed E-state index contributed by atoms with van der Waals surface area (Å²) in [5.41, 5.74) is 8.51. The van der Waals surface area contributed by atoms with Gasteiger partial charge in [0, 0.05) is 24.5 Å². The molecule has 2 nitrogen and oxygen atoms in total. The molecule has 0 saturated heterocycles. The molecular weight excluding hydrogens is 204 g/mol. The Morgan fingerprint density at radius 1 is 1.47 bits per heavy atom. The molecule has 1 unspecified atom stereocenters. The third-order valence-corrected chi connectivity index (χ3v) is 3.28. The van der Waals surface area contributed by atoms with Crippen LogP contribution in [0.25, 0.3) is 0 Å². The number of aromatic nitrogens is 1. The zero-order valence-electron chi connectivity index (χ0n) is 8.89. The molecule has 1 atom stereocenters. The summed E-state index contributed by atoms with van der Waals surface area (Å²) in [6, 6.07) is 6.45. The molecule has 2 aromatic heterocycles. The molecule has 0 amide bonds. The molecule has 2 rings (SSSR count). The second kappa shape index (κ2) is 4.64. The Kier molecular flexibility index (Phi) is 3.23. The smallest absolute Gasteiger partial charge is 0.0421 e. The molecule has 0 aliphatic carbocycles. The third kappa shape index (κ3) is 2.49. The van der Waals surface area contributed by atoms with E-state index in [0.717, 1.165) is 13.0 Å². The molecule has 15 heavy (non-hydrogen) atoms. The van der Waals surface area contributed by atoms with E-state index in [1.807, 2.05) is 6.92 Å². The third-order valence-electron chi connectivity index (χ3n) is 2.55. The number of nitrogens with zero attached hydrogens (tertiary/aromatic N) is 1. The summed E-state index contributed by atoms with van der Waals surface area (Å²) >= 11 is 1.75. The topological polar surface area (TPSA) is 30.9 Å². The first-order chi connectivity index (χ1) is 7.27. The molecule has 2 heterocycles. The highest BCUT2D eigenvalue weighted by Crippen LogP contribution is 2.13. The average molecular weight is 220 g/mol. The van der Waals surface area contributed by atoms with E-state index in [9.17, 15) is 0 Å². The summed E-state index contributed by atoms with van der Waals surface area (Å²) < 4.78 is 2.24. The van der Waals surface area contributed by atoms with Gasteiger partial charge in [-0.2, -0.15) is 11.3 Å². The van der Waals surface area contributed by atoms with Crippen LogP contribution in [-0.4, -0.2) is 4.57 Å². The number of thiophene rings is 1. The summed E-state index contributed by atoms with van der Waals surface area (Å²) in [5, 5.41) is 4.33. The van der Waals surface area contributed by atoms with E-state index in [0.29, 0.717) is 0 Å². The van der Waals surface area contributed by atoms with Crippen LogP contribution in [0.5, 0.6) is 0 Å². The van der Waals surface area contributed by atoms with E-state index in [4.69, 9.17) is 5.73 Å². The van der Waals surface area contributed by atoms with Gasteiger partial charge in [0.1, 0.15) is 0 Å². The van der Waals surface area contributed by atoms with Crippen molar-refractivity contribution in [3.8, 4) is 0 Å². The van der Waals surface area contributed by atoms with Crippen LogP contribution in [0.2, 0.25) is 0 Å². The number of rotatable bonds is 4. The van der Waals surface area contributed by atoms with Crippen LogP contribution in [0.3, 0.4) is 0 Å². The molecule has 0 radical (unpaired) electrons. The first-order valence-electron chi connectivity index (χ1n) is 5.19. The van der Waals surface area contributed by atoms with Crippen molar-refractivity contribution in [2.24, 2.45) is 5.73 Å². The van der Waals surface area contributed by atoms with Crippen molar-refractivity contribution in [2.45, 2.75) is 25.9 Å². The molecule has 3 heteroatoms. The summed E-state index contributed by atoms with van der Waals surface area (Å²) in [4.78, 5) is 0. The Morgan fingerprint density at radius 2 is 2.33 bits per heavy atom. The lowest BCUT2D eigenvalue weighted by Crippen LogP contribution is -2.12. The molecule has 0 saturated carbocycles. The van der Waals surface area contributed by atoms with Gasteiger partial charge in [-0.05, 0) is 47.9 Å². The van der Waals surface area contributed by atoms with Crippen molar-refractivity contribution < 1.29 is 0 Å². The van der Waals surface area contributed by atoms with Crippen molar-refractivity contribution in [1.29, 1.82) is 0 Å². The van der Waals surface area contributed by atoms with Crippen molar-refractivity contribution in [3.05, 3.63) is 46.4 Å². The van der Waals surface area contributed by atoms with Crippen molar-refractivity contribution in [2.75, 3.05) is 0 Å². The predicted octanol–water partition coefficient (Wildman–Crippen LogP) is 2.81. The van der Waals surface area contributed by atoms with Gasteiger partial charge in [0.15, 0.2) is 0 Å². The monoisotopic (exact) mass is 220 g/mol. The molecule has 0 fully saturated rings.